The summed E-state index contributed by atoms with van der Waals surface area (Å²) in [5, 5.41) is -0.00134. The minimum Gasteiger partial charge on any atom is -0.462 e. The van der Waals surface area contributed by atoms with E-state index in [4.69, 9.17) is 27.4 Å². The zero-order valence-corrected chi connectivity index (χ0v) is 17.2. The number of nitrogens with two attached hydrogens (primary N) is 1. The molecule has 0 spiro atoms. The fraction of sp³-hybridized carbons (Fsp3) is 0.400. The zero-order chi connectivity index (χ0) is 20.9. The van der Waals surface area contributed by atoms with Gasteiger partial charge in [-0.2, -0.15) is 0 Å². The van der Waals surface area contributed by atoms with E-state index < -0.39 is 11.9 Å². The lowest BCUT2D eigenvalue weighted by atomic mass is 10.2. The maximum Gasteiger partial charge on any atom is 0.354 e. The van der Waals surface area contributed by atoms with E-state index in [2.05, 4.69) is 18.5 Å². The largest absolute Gasteiger partial charge is 0.462 e. The van der Waals surface area contributed by atoms with E-state index in [1.54, 1.807) is 13.0 Å². The van der Waals surface area contributed by atoms with Crippen LogP contribution in [0, 0.1) is 0 Å². The molecule has 2 N–H and O–H groups in total. The first-order chi connectivity index (χ1) is 13.4. The normalized spacial score (nSPS) is 10.5. The minimum absolute atomic E-state index is 0.00134. The zero-order valence-electron chi connectivity index (χ0n) is 16.3. The molecule has 0 aliphatic rings. The number of thiocarbonyl (C=S) groups is 1. The van der Waals surface area contributed by atoms with Gasteiger partial charge in [-0.15, -0.1) is 0 Å². The highest BCUT2D eigenvalue weighted by molar-refractivity contribution is 7.80. The Morgan fingerprint density at radius 2 is 2.07 bits per heavy atom. The van der Waals surface area contributed by atoms with Crippen LogP contribution in [0.4, 0.5) is 0 Å². The SMILES string of the molecule is C=C(C(=O)OCCc1ccc(CC)cn1)N(CCCOC(=O)C=CC)C(N)=S. The molecule has 0 aliphatic carbocycles. The van der Waals surface area contributed by atoms with Gasteiger partial charge in [0.15, 0.2) is 5.11 Å². The predicted molar refractivity (Wildman–Crippen MR) is 111 cm³/mol. The molecule has 1 rings (SSSR count). The van der Waals surface area contributed by atoms with Crippen molar-refractivity contribution in [1.29, 1.82) is 0 Å². The number of hydrogen-bond donors (Lipinski definition) is 1. The third-order valence-corrected chi connectivity index (χ3v) is 4.01. The van der Waals surface area contributed by atoms with Crippen molar-refractivity contribution in [2.75, 3.05) is 19.8 Å². The highest BCUT2D eigenvalue weighted by atomic mass is 32.1. The van der Waals surface area contributed by atoms with Crippen LogP contribution < -0.4 is 5.73 Å². The van der Waals surface area contributed by atoms with Crippen LogP contribution in [-0.2, 0) is 31.9 Å². The van der Waals surface area contributed by atoms with Gasteiger partial charge < -0.3 is 20.1 Å². The van der Waals surface area contributed by atoms with Crippen LogP contribution in [-0.4, -0.2) is 46.7 Å². The second-order valence-corrected chi connectivity index (χ2v) is 6.27. The van der Waals surface area contributed by atoms with Crippen molar-refractivity contribution in [3.8, 4) is 0 Å². The van der Waals surface area contributed by atoms with E-state index in [1.165, 1.54) is 11.0 Å². The number of carbonyl (C=O) groups excluding carboxylic acids is 2. The Morgan fingerprint density at radius 1 is 1.32 bits per heavy atom. The number of esters is 2. The number of carbonyl (C=O) groups is 2. The fourth-order valence-corrected chi connectivity index (χ4v) is 2.41. The second kappa shape index (κ2) is 12.6. The number of rotatable bonds is 11. The molecule has 0 atom stereocenters. The van der Waals surface area contributed by atoms with Crippen molar-refractivity contribution in [3.63, 3.8) is 0 Å². The number of allylic oxidation sites excluding steroid dienone is 1. The lowest BCUT2D eigenvalue weighted by molar-refractivity contribution is -0.141. The van der Waals surface area contributed by atoms with Crippen LogP contribution in [0.3, 0.4) is 0 Å². The molecule has 28 heavy (non-hydrogen) atoms. The molecule has 1 aromatic heterocycles. The Morgan fingerprint density at radius 3 is 2.64 bits per heavy atom. The van der Waals surface area contributed by atoms with Gasteiger partial charge in [0.05, 0.1) is 13.2 Å². The lowest BCUT2D eigenvalue weighted by Crippen LogP contribution is -2.38. The Bertz CT molecular complexity index is 717. The first-order valence-corrected chi connectivity index (χ1v) is 9.46. The van der Waals surface area contributed by atoms with E-state index in [-0.39, 0.29) is 30.6 Å². The molecule has 0 bridgehead atoms. The quantitative estimate of drug-likeness (QED) is 0.259. The second-order valence-electron chi connectivity index (χ2n) is 5.85. The molecule has 152 valence electrons. The molecular weight excluding hydrogens is 378 g/mol. The fourth-order valence-electron chi connectivity index (χ4n) is 2.21. The molecule has 0 aromatic carbocycles. The molecule has 1 heterocycles. The molecule has 0 unspecified atom stereocenters. The Balaban J connectivity index is 2.44. The molecule has 7 nitrogen and oxygen atoms in total. The van der Waals surface area contributed by atoms with Crippen molar-refractivity contribution in [2.24, 2.45) is 5.73 Å². The standard InChI is InChI=1S/C20H27N3O4S/c1-4-7-18(24)26-12-6-11-23(20(21)28)15(3)19(25)27-13-10-17-9-8-16(5-2)14-22-17/h4,7-9,14H,3,5-6,10-13H2,1-2H3,(H2,21,28). The van der Waals surface area contributed by atoms with Crippen molar-refractivity contribution in [2.45, 2.75) is 33.1 Å². The van der Waals surface area contributed by atoms with Crippen molar-refractivity contribution in [1.82, 2.24) is 9.88 Å². The van der Waals surface area contributed by atoms with Crippen LogP contribution in [0.5, 0.6) is 0 Å². The summed E-state index contributed by atoms with van der Waals surface area (Å²) in [5.74, 6) is -1.04. The van der Waals surface area contributed by atoms with Crippen molar-refractivity contribution >= 4 is 29.3 Å². The number of pyridine rings is 1. The van der Waals surface area contributed by atoms with E-state index in [0.717, 1.165) is 17.7 Å². The Hall–Kier alpha value is -2.74. The smallest absolute Gasteiger partial charge is 0.354 e. The predicted octanol–water partition coefficient (Wildman–Crippen LogP) is 2.30. The summed E-state index contributed by atoms with van der Waals surface area (Å²) < 4.78 is 10.2. The number of aryl methyl sites for hydroxylation is 1. The third-order valence-electron chi connectivity index (χ3n) is 3.79. The van der Waals surface area contributed by atoms with E-state index in [9.17, 15) is 9.59 Å². The van der Waals surface area contributed by atoms with Gasteiger partial charge in [0.1, 0.15) is 5.70 Å². The van der Waals surface area contributed by atoms with Gasteiger partial charge in [0.2, 0.25) is 0 Å². The monoisotopic (exact) mass is 405 g/mol. The molecule has 0 fully saturated rings. The summed E-state index contributed by atoms with van der Waals surface area (Å²) in [4.78, 5) is 29.2. The maximum absolute atomic E-state index is 12.2. The van der Waals surface area contributed by atoms with Crippen LogP contribution in [0.1, 0.15) is 31.5 Å². The van der Waals surface area contributed by atoms with E-state index in [1.807, 2.05) is 18.3 Å². The summed E-state index contributed by atoms with van der Waals surface area (Å²) in [6.07, 6.45) is 6.58. The van der Waals surface area contributed by atoms with Gasteiger partial charge in [-0.3, -0.25) is 4.98 Å². The first kappa shape index (κ1) is 23.3. The maximum atomic E-state index is 12.2. The summed E-state index contributed by atoms with van der Waals surface area (Å²) in [5.41, 5.74) is 7.70. The summed E-state index contributed by atoms with van der Waals surface area (Å²) in [7, 11) is 0. The minimum atomic E-state index is -0.608. The third kappa shape index (κ3) is 8.30. The van der Waals surface area contributed by atoms with E-state index in [0.29, 0.717) is 12.8 Å². The molecule has 0 saturated heterocycles. The van der Waals surface area contributed by atoms with Crippen molar-refractivity contribution in [3.05, 3.63) is 54.0 Å². The van der Waals surface area contributed by atoms with Gasteiger partial charge >= 0.3 is 11.9 Å². The van der Waals surface area contributed by atoms with Crippen LogP contribution in [0.25, 0.3) is 0 Å². The van der Waals surface area contributed by atoms with Crippen LogP contribution in [0.15, 0.2) is 42.8 Å². The Kier molecular flexibility index (Phi) is 10.5. The molecule has 0 amide bonds. The Labute approximate surface area is 171 Å². The van der Waals surface area contributed by atoms with Gasteiger partial charge in [-0.1, -0.05) is 25.6 Å². The van der Waals surface area contributed by atoms with Gasteiger partial charge in [0, 0.05) is 30.9 Å². The molecule has 0 aliphatic heterocycles. The average molecular weight is 406 g/mol. The number of hydrogen-bond acceptors (Lipinski definition) is 6. The van der Waals surface area contributed by atoms with Gasteiger partial charge in [-0.05, 0) is 43.6 Å². The average Bonchev–Trinajstić information content (AvgIpc) is 2.67. The van der Waals surface area contributed by atoms with Crippen LogP contribution in [0.2, 0.25) is 0 Å². The highest BCUT2D eigenvalue weighted by Crippen LogP contribution is 2.07. The highest BCUT2D eigenvalue weighted by Gasteiger charge is 2.19. The van der Waals surface area contributed by atoms with Gasteiger partial charge in [-0.25, -0.2) is 9.59 Å². The summed E-state index contributed by atoms with van der Waals surface area (Å²) in [6, 6.07) is 3.92. The number of nitrogens with zero attached hydrogens (tertiary/aromatic N) is 2. The topological polar surface area (TPSA) is 94.7 Å². The van der Waals surface area contributed by atoms with Crippen molar-refractivity contribution < 1.29 is 19.1 Å². The molecular formula is C20H27N3O4S. The van der Waals surface area contributed by atoms with E-state index >= 15 is 0 Å². The summed E-state index contributed by atoms with van der Waals surface area (Å²) >= 11 is 4.97. The molecule has 0 saturated carbocycles. The lowest BCUT2D eigenvalue weighted by Gasteiger charge is -2.23. The molecule has 1 aromatic rings. The summed E-state index contributed by atoms with van der Waals surface area (Å²) in [6.45, 7) is 8.12. The first-order valence-electron chi connectivity index (χ1n) is 9.05. The van der Waals surface area contributed by atoms with Crippen LogP contribution >= 0.6 is 12.2 Å². The number of aromatic nitrogens is 1. The molecule has 0 radical (unpaired) electrons. The van der Waals surface area contributed by atoms with Gasteiger partial charge in [0.25, 0.3) is 0 Å². The molecule has 8 heteroatoms. The number of ether oxygens (including phenoxy) is 2.